The summed E-state index contributed by atoms with van der Waals surface area (Å²) in [6.45, 7) is 4.40. The zero-order valence-electron chi connectivity index (χ0n) is 16.0. The molecule has 0 saturated heterocycles. The van der Waals surface area contributed by atoms with Crippen molar-refractivity contribution in [1.82, 2.24) is 4.98 Å². The van der Waals surface area contributed by atoms with Crippen LogP contribution in [0.4, 0.5) is 0 Å². The Morgan fingerprint density at radius 1 is 1.07 bits per heavy atom. The van der Waals surface area contributed by atoms with E-state index in [0.29, 0.717) is 47.8 Å². The van der Waals surface area contributed by atoms with E-state index < -0.39 is 5.97 Å². The molecule has 0 atom stereocenters. The molecule has 3 rings (SSSR count). The van der Waals surface area contributed by atoms with Crippen molar-refractivity contribution in [1.29, 1.82) is 0 Å². The average Bonchev–Trinajstić information content (AvgIpc) is 2.73. The Morgan fingerprint density at radius 2 is 1.86 bits per heavy atom. The lowest BCUT2D eigenvalue weighted by molar-refractivity contribution is 0.0524. The number of benzene rings is 2. The van der Waals surface area contributed by atoms with E-state index in [1.165, 1.54) is 0 Å². The van der Waals surface area contributed by atoms with Crippen LogP contribution in [0.1, 0.15) is 35.5 Å². The number of carbonyl (C=O) groups excluding carboxylic acids is 1. The predicted molar refractivity (Wildman–Crippen MR) is 107 cm³/mol. The van der Waals surface area contributed by atoms with E-state index in [-0.39, 0.29) is 5.75 Å². The number of hydrogen-bond donors (Lipinski definition) is 1. The molecule has 0 unspecified atom stereocenters. The molecule has 0 fully saturated rings. The number of phenolic OH excluding ortho intramolecular Hbond substituents is 1. The van der Waals surface area contributed by atoms with Crippen molar-refractivity contribution in [3.05, 3.63) is 77.6 Å². The smallest absolute Gasteiger partial charge is 0.339 e. The van der Waals surface area contributed by atoms with Gasteiger partial charge in [-0.15, -0.1) is 0 Å². The second-order valence-corrected chi connectivity index (χ2v) is 6.25. The summed E-state index contributed by atoms with van der Waals surface area (Å²) in [5.41, 5.74) is 3.48. The number of rotatable bonds is 7. The fourth-order valence-corrected chi connectivity index (χ4v) is 2.91. The maximum Gasteiger partial charge on any atom is 0.339 e. The highest BCUT2D eigenvalue weighted by Gasteiger charge is 2.16. The van der Waals surface area contributed by atoms with E-state index in [2.05, 4.69) is 4.98 Å². The predicted octanol–water partition coefficient (Wildman–Crippen LogP) is 4.77. The molecule has 0 aliphatic heterocycles. The summed E-state index contributed by atoms with van der Waals surface area (Å²) in [6, 6.07) is 16.5. The van der Waals surface area contributed by atoms with E-state index >= 15 is 0 Å². The van der Waals surface area contributed by atoms with Crippen LogP contribution in [-0.4, -0.2) is 22.7 Å². The van der Waals surface area contributed by atoms with Crippen molar-refractivity contribution >= 4 is 5.97 Å². The minimum Gasteiger partial charge on any atom is -0.508 e. The summed E-state index contributed by atoms with van der Waals surface area (Å²) in [6.07, 6.45) is 2.30. The summed E-state index contributed by atoms with van der Waals surface area (Å²) >= 11 is 0. The summed E-state index contributed by atoms with van der Waals surface area (Å²) in [7, 11) is 0. The Hall–Kier alpha value is -3.34. The van der Waals surface area contributed by atoms with Crippen LogP contribution < -0.4 is 4.74 Å². The number of aromatic nitrogens is 1. The van der Waals surface area contributed by atoms with Crippen molar-refractivity contribution in [3.8, 4) is 22.6 Å². The number of aromatic hydroxyl groups is 1. The first-order valence-electron chi connectivity index (χ1n) is 9.28. The second kappa shape index (κ2) is 9.04. The minimum atomic E-state index is -0.402. The quantitative estimate of drug-likeness (QED) is 0.601. The first-order chi connectivity index (χ1) is 13.6. The van der Waals surface area contributed by atoms with Gasteiger partial charge in [0.25, 0.3) is 0 Å². The third-order valence-corrected chi connectivity index (χ3v) is 4.31. The second-order valence-electron chi connectivity index (χ2n) is 6.25. The number of pyridine rings is 1. The average molecular weight is 377 g/mol. The lowest BCUT2D eigenvalue weighted by Gasteiger charge is -2.14. The molecule has 144 valence electrons. The topological polar surface area (TPSA) is 68.7 Å². The number of hydrogen-bond acceptors (Lipinski definition) is 5. The van der Waals surface area contributed by atoms with E-state index in [4.69, 9.17) is 9.47 Å². The number of ether oxygens (including phenoxy) is 2. The van der Waals surface area contributed by atoms with Gasteiger partial charge in [-0.2, -0.15) is 0 Å². The van der Waals surface area contributed by atoms with Crippen LogP contribution in [0, 0.1) is 0 Å². The van der Waals surface area contributed by atoms with E-state index in [0.717, 1.165) is 5.56 Å². The van der Waals surface area contributed by atoms with Gasteiger partial charge >= 0.3 is 5.97 Å². The van der Waals surface area contributed by atoms with Gasteiger partial charge in [0.1, 0.15) is 18.1 Å². The minimum absolute atomic E-state index is 0.110. The lowest BCUT2D eigenvalue weighted by atomic mass is 10.0. The first kappa shape index (κ1) is 19.4. The van der Waals surface area contributed by atoms with Crippen LogP contribution in [0.3, 0.4) is 0 Å². The maximum atomic E-state index is 12.3. The Kier molecular flexibility index (Phi) is 6.27. The molecule has 2 aromatic carbocycles. The molecule has 0 bridgehead atoms. The molecule has 0 aliphatic carbocycles. The maximum absolute atomic E-state index is 12.3. The number of carbonyl (C=O) groups is 1. The van der Waals surface area contributed by atoms with Crippen LogP contribution in [-0.2, 0) is 17.8 Å². The fourth-order valence-electron chi connectivity index (χ4n) is 2.91. The fraction of sp³-hybridized carbons (Fsp3) is 0.217. The number of nitrogens with zero attached hydrogens (tertiary/aromatic N) is 1. The molecule has 3 aromatic rings. The molecule has 0 radical (unpaired) electrons. The van der Waals surface area contributed by atoms with Gasteiger partial charge in [0.2, 0.25) is 0 Å². The van der Waals surface area contributed by atoms with Gasteiger partial charge in [-0.1, -0.05) is 37.3 Å². The molecule has 1 heterocycles. The van der Waals surface area contributed by atoms with Gasteiger partial charge in [0, 0.05) is 17.3 Å². The highest BCUT2D eigenvalue weighted by atomic mass is 16.5. The molecule has 5 nitrogen and oxygen atoms in total. The molecule has 0 aliphatic rings. The normalized spacial score (nSPS) is 10.5. The Balaban J connectivity index is 1.97. The van der Waals surface area contributed by atoms with Gasteiger partial charge in [0.05, 0.1) is 17.9 Å². The molecule has 0 spiro atoms. The van der Waals surface area contributed by atoms with Gasteiger partial charge in [-0.25, -0.2) is 4.79 Å². The van der Waals surface area contributed by atoms with Gasteiger partial charge < -0.3 is 14.6 Å². The van der Waals surface area contributed by atoms with Gasteiger partial charge in [0.15, 0.2) is 0 Å². The van der Waals surface area contributed by atoms with Gasteiger partial charge in [-0.05, 0) is 43.2 Å². The first-order valence-corrected chi connectivity index (χ1v) is 9.28. The van der Waals surface area contributed by atoms with Crippen molar-refractivity contribution in [2.24, 2.45) is 0 Å². The van der Waals surface area contributed by atoms with Crippen molar-refractivity contribution in [3.63, 3.8) is 0 Å². The molecular formula is C23H23NO4. The molecule has 0 saturated carbocycles. The SMILES string of the molecule is CCOC(=O)c1cc(-c2cc(O)ccc2OCc2ccccc2)cnc1CC. The molecule has 1 aromatic heterocycles. The third-order valence-electron chi connectivity index (χ3n) is 4.31. The standard InChI is InChI=1S/C23H23NO4/c1-3-21-20(23(26)27-4-2)12-17(14-24-21)19-13-18(25)10-11-22(19)28-15-16-8-6-5-7-9-16/h5-14,25H,3-4,15H2,1-2H3. The summed E-state index contributed by atoms with van der Waals surface area (Å²) in [5.74, 6) is 0.308. The van der Waals surface area contributed by atoms with E-state index in [1.807, 2.05) is 37.3 Å². The molecule has 5 heteroatoms. The molecular weight excluding hydrogens is 354 g/mol. The number of esters is 1. The highest BCUT2D eigenvalue weighted by Crippen LogP contribution is 2.34. The number of aryl methyl sites for hydroxylation is 1. The zero-order chi connectivity index (χ0) is 19.9. The monoisotopic (exact) mass is 377 g/mol. The third kappa shape index (κ3) is 4.49. The molecule has 28 heavy (non-hydrogen) atoms. The van der Waals surface area contributed by atoms with Crippen LogP contribution in [0.15, 0.2) is 60.8 Å². The van der Waals surface area contributed by atoms with Crippen molar-refractivity contribution in [2.75, 3.05) is 6.61 Å². The Bertz CT molecular complexity index is 954. The molecule has 0 amide bonds. The summed E-state index contributed by atoms with van der Waals surface area (Å²) < 4.78 is 11.1. The van der Waals surface area contributed by atoms with Crippen LogP contribution in [0.5, 0.6) is 11.5 Å². The summed E-state index contributed by atoms with van der Waals surface area (Å²) in [4.78, 5) is 16.8. The van der Waals surface area contributed by atoms with E-state index in [9.17, 15) is 9.90 Å². The van der Waals surface area contributed by atoms with Crippen LogP contribution in [0.25, 0.3) is 11.1 Å². The van der Waals surface area contributed by atoms with Crippen LogP contribution >= 0.6 is 0 Å². The molecule has 1 N–H and O–H groups in total. The zero-order valence-corrected chi connectivity index (χ0v) is 16.0. The number of phenols is 1. The Labute approximate surface area is 164 Å². The lowest BCUT2D eigenvalue weighted by Crippen LogP contribution is -2.09. The summed E-state index contributed by atoms with van der Waals surface area (Å²) in [5, 5.41) is 9.98. The van der Waals surface area contributed by atoms with Crippen molar-refractivity contribution in [2.45, 2.75) is 26.9 Å². The van der Waals surface area contributed by atoms with Gasteiger partial charge in [-0.3, -0.25) is 4.98 Å². The Morgan fingerprint density at radius 3 is 2.57 bits per heavy atom. The van der Waals surface area contributed by atoms with Crippen molar-refractivity contribution < 1.29 is 19.4 Å². The van der Waals surface area contributed by atoms with Crippen LogP contribution in [0.2, 0.25) is 0 Å². The van der Waals surface area contributed by atoms with E-state index in [1.54, 1.807) is 37.4 Å². The highest BCUT2D eigenvalue weighted by molar-refractivity contribution is 5.92. The largest absolute Gasteiger partial charge is 0.508 e.